The maximum absolute atomic E-state index is 4.01. The van der Waals surface area contributed by atoms with E-state index in [-0.39, 0.29) is 0 Å². The maximum Gasteiger partial charge on any atom is 0.0278 e. The van der Waals surface area contributed by atoms with Crippen LogP contribution < -0.4 is 5.32 Å². The molecule has 1 atom stereocenters. The fourth-order valence-corrected chi connectivity index (χ4v) is 2.69. The van der Waals surface area contributed by atoms with Crippen molar-refractivity contribution in [1.29, 1.82) is 0 Å². The molecule has 1 aromatic heterocycles. The summed E-state index contributed by atoms with van der Waals surface area (Å²) in [4.78, 5) is 5.34. The molecule has 76 valence electrons. The summed E-state index contributed by atoms with van der Waals surface area (Å²) in [6.45, 7) is 1.20. The second-order valence-electron chi connectivity index (χ2n) is 3.64. The lowest BCUT2D eigenvalue weighted by atomic mass is 10.1. The van der Waals surface area contributed by atoms with Gasteiger partial charge in [0.25, 0.3) is 0 Å². The smallest absolute Gasteiger partial charge is 0.0278 e. The lowest BCUT2D eigenvalue weighted by Gasteiger charge is -2.22. The van der Waals surface area contributed by atoms with Gasteiger partial charge in [0, 0.05) is 29.1 Å². The van der Waals surface area contributed by atoms with Crippen LogP contribution in [0.2, 0.25) is 0 Å². The van der Waals surface area contributed by atoms with E-state index in [0.717, 1.165) is 0 Å². The number of hydrogen-bond donors (Lipinski definition) is 1. The predicted molar refractivity (Wildman–Crippen MR) is 60.6 cm³/mol. The summed E-state index contributed by atoms with van der Waals surface area (Å²) in [5.41, 5.74) is 0. The quantitative estimate of drug-likeness (QED) is 0.772. The van der Waals surface area contributed by atoms with Gasteiger partial charge in [-0.2, -0.15) is 0 Å². The first kappa shape index (κ1) is 9.99. The number of pyridine rings is 1. The first-order chi connectivity index (χ1) is 6.95. The SMILES string of the molecule is c1cc(SC[C@H]2CCCCN2)ccn1. The molecule has 0 spiro atoms. The van der Waals surface area contributed by atoms with Crippen molar-refractivity contribution in [2.75, 3.05) is 12.3 Å². The molecule has 1 aromatic rings. The molecule has 1 fully saturated rings. The number of rotatable bonds is 3. The van der Waals surface area contributed by atoms with Gasteiger partial charge in [0.1, 0.15) is 0 Å². The highest BCUT2D eigenvalue weighted by Crippen LogP contribution is 2.20. The highest BCUT2D eigenvalue weighted by Gasteiger charge is 2.12. The van der Waals surface area contributed by atoms with Crippen LogP contribution in [0.4, 0.5) is 0 Å². The van der Waals surface area contributed by atoms with E-state index in [1.54, 1.807) is 0 Å². The van der Waals surface area contributed by atoms with Crippen molar-refractivity contribution in [1.82, 2.24) is 10.3 Å². The molecule has 0 amide bonds. The number of thioether (sulfide) groups is 1. The summed E-state index contributed by atoms with van der Waals surface area (Å²) in [6.07, 6.45) is 7.77. The van der Waals surface area contributed by atoms with E-state index in [2.05, 4.69) is 22.4 Å². The predicted octanol–water partition coefficient (Wildman–Crippen LogP) is 2.32. The van der Waals surface area contributed by atoms with Gasteiger partial charge in [-0.3, -0.25) is 4.98 Å². The highest BCUT2D eigenvalue weighted by molar-refractivity contribution is 7.99. The molecule has 14 heavy (non-hydrogen) atoms. The molecule has 0 radical (unpaired) electrons. The summed E-state index contributed by atoms with van der Waals surface area (Å²) in [6, 6.07) is 4.86. The minimum atomic E-state index is 0.710. The van der Waals surface area contributed by atoms with Crippen LogP contribution in [0.25, 0.3) is 0 Å². The fraction of sp³-hybridized carbons (Fsp3) is 0.545. The molecule has 3 heteroatoms. The molecule has 1 aliphatic heterocycles. The van der Waals surface area contributed by atoms with E-state index in [0.29, 0.717) is 6.04 Å². The number of nitrogens with zero attached hydrogens (tertiary/aromatic N) is 1. The monoisotopic (exact) mass is 208 g/mol. The molecule has 0 bridgehead atoms. The molecular formula is C11H16N2S. The van der Waals surface area contributed by atoms with Crippen molar-refractivity contribution in [2.45, 2.75) is 30.2 Å². The number of piperidine rings is 1. The Morgan fingerprint density at radius 2 is 2.21 bits per heavy atom. The molecule has 1 N–H and O–H groups in total. The van der Waals surface area contributed by atoms with Gasteiger partial charge in [-0.05, 0) is 31.5 Å². The van der Waals surface area contributed by atoms with E-state index in [1.165, 1.54) is 36.5 Å². The molecular weight excluding hydrogens is 192 g/mol. The first-order valence-electron chi connectivity index (χ1n) is 5.21. The summed E-state index contributed by atoms with van der Waals surface area (Å²) >= 11 is 1.92. The molecule has 2 rings (SSSR count). The lowest BCUT2D eigenvalue weighted by molar-refractivity contribution is 0.430. The van der Waals surface area contributed by atoms with E-state index in [1.807, 2.05) is 24.2 Å². The summed E-state index contributed by atoms with van der Waals surface area (Å²) in [5, 5.41) is 3.55. The minimum Gasteiger partial charge on any atom is -0.313 e. The van der Waals surface area contributed by atoms with Gasteiger partial charge in [-0.25, -0.2) is 0 Å². The van der Waals surface area contributed by atoms with E-state index < -0.39 is 0 Å². The minimum absolute atomic E-state index is 0.710. The Kier molecular flexibility index (Phi) is 3.83. The number of aromatic nitrogens is 1. The van der Waals surface area contributed by atoms with Crippen LogP contribution in [0.3, 0.4) is 0 Å². The zero-order valence-electron chi connectivity index (χ0n) is 8.28. The number of hydrogen-bond acceptors (Lipinski definition) is 3. The third kappa shape index (κ3) is 3.00. The Morgan fingerprint density at radius 1 is 1.36 bits per heavy atom. The van der Waals surface area contributed by atoms with Crippen molar-refractivity contribution < 1.29 is 0 Å². The van der Waals surface area contributed by atoms with E-state index in [4.69, 9.17) is 0 Å². The van der Waals surface area contributed by atoms with Crippen LogP contribution in [0.15, 0.2) is 29.4 Å². The number of nitrogens with one attached hydrogen (secondary N) is 1. The Balaban J connectivity index is 1.76. The van der Waals surface area contributed by atoms with Crippen molar-refractivity contribution in [3.63, 3.8) is 0 Å². The maximum atomic E-state index is 4.01. The zero-order chi connectivity index (χ0) is 9.64. The van der Waals surface area contributed by atoms with Crippen molar-refractivity contribution in [3.05, 3.63) is 24.5 Å². The fourth-order valence-electron chi connectivity index (χ4n) is 1.70. The van der Waals surface area contributed by atoms with Crippen LogP contribution in [0.5, 0.6) is 0 Å². The summed E-state index contributed by atoms with van der Waals surface area (Å²) in [7, 11) is 0. The second-order valence-corrected chi connectivity index (χ2v) is 4.73. The highest BCUT2D eigenvalue weighted by atomic mass is 32.2. The Bertz CT molecular complexity index is 257. The van der Waals surface area contributed by atoms with Gasteiger partial charge in [-0.15, -0.1) is 11.8 Å². The molecule has 1 saturated heterocycles. The molecule has 2 heterocycles. The summed E-state index contributed by atoms with van der Waals surface area (Å²) in [5.74, 6) is 1.18. The van der Waals surface area contributed by atoms with E-state index in [9.17, 15) is 0 Å². The normalized spacial score (nSPS) is 22.1. The van der Waals surface area contributed by atoms with Crippen LogP contribution in [-0.4, -0.2) is 23.3 Å². The van der Waals surface area contributed by atoms with Crippen LogP contribution >= 0.6 is 11.8 Å². The van der Waals surface area contributed by atoms with Crippen molar-refractivity contribution in [3.8, 4) is 0 Å². The van der Waals surface area contributed by atoms with Gasteiger partial charge in [0.15, 0.2) is 0 Å². The van der Waals surface area contributed by atoms with Crippen molar-refractivity contribution >= 4 is 11.8 Å². The summed E-state index contributed by atoms with van der Waals surface area (Å²) < 4.78 is 0. The largest absolute Gasteiger partial charge is 0.313 e. The van der Waals surface area contributed by atoms with Crippen LogP contribution in [0.1, 0.15) is 19.3 Å². The van der Waals surface area contributed by atoms with Crippen molar-refractivity contribution in [2.24, 2.45) is 0 Å². The molecule has 0 saturated carbocycles. The van der Waals surface area contributed by atoms with Gasteiger partial charge in [-0.1, -0.05) is 6.42 Å². The lowest BCUT2D eigenvalue weighted by Crippen LogP contribution is -2.35. The molecule has 1 aliphatic rings. The third-order valence-electron chi connectivity index (χ3n) is 2.51. The van der Waals surface area contributed by atoms with E-state index >= 15 is 0 Å². The Labute approximate surface area is 89.5 Å². The topological polar surface area (TPSA) is 24.9 Å². The average Bonchev–Trinajstić information content (AvgIpc) is 2.29. The van der Waals surface area contributed by atoms with Gasteiger partial charge in [0.2, 0.25) is 0 Å². The second kappa shape index (κ2) is 5.37. The Morgan fingerprint density at radius 3 is 2.93 bits per heavy atom. The van der Waals surface area contributed by atoms with Gasteiger partial charge >= 0.3 is 0 Å². The Hall–Kier alpha value is -0.540. The van der Waals surface area contributed by atoms with Gasteiger partial charge in [0.05, 0.1) is 0 Å². The standard InChI is InChI=1S/C11H16N2S/c1-2-6-13-10(3-1)9-14-11-4-7-12-8-5-11/h4-5,7-8,10,13H,1-3,6,9H2/t10-/m1/s1. The molecule has 0 aromatic carbocycles. The molecule has 0 aliphatic carbocycles. The third-order valence-corrected chi connectivity index (χ3v) is 3.69. The zero-order valence-corrected chi connectivity index (χ0v) is 9.09. The molecule has 2 nitrogen and oxygen atoms in total. The average molecular weight is 208 g/mol. The molecule has 0 unspecified atom stereocenters. The van der Waals surface area contributed by atoms with Crippen LogP contribution in [0, 0.1) is 0 Å². The van der Waals surface area contributed by atoms with Crippen LogP contribution in [-0.2, 0) is 0 Å². The van der Waals surface area contributed by atoms with Gasteiger partial charge < -0.3 is 5.32 Å². The first-order valence-corrected chi connectivity index (χ1v) is 6.20.